The maximum absolute atomic E-state index is 10.0. The van der Waals surface area contributed by atoms with E-state index in [1.54, 1.807) is 36.4 Å². The molecule has 0 bridgehead atoms. The first-order valence-electron chi connectivity index (χ1n) is 21.8. The van der Waals surface area contributed by atoms with Crippen molar-refractivity contribution < 1.29 is 73.3 Å². The molecule has 0 saturated heterocycles. The van der Waals surface area contributed by atoms with Gasteiger partial charge in [-0.05, 0) is 54.6 Å². The lowest BCUT2D eigenvalue weighted by atomic mass is 10.2. The van der Waals surface area contributed by atoms with Gasteiger partial charge in [0.1, 0.15) is 39.6 Å². The highest BCUT2D eigenvalue weighted by Crippen LogP contribution is 2.32. The summed E-state index contributed by atoms with van der Waals surface area (Å²) in [6.07, 6.45) is 0. The first kappa shape index (κ1) is 49.2. The van der Waals surface area contributed by atoms with Gasteiger partial charge >= 0.3 is 0 Å². The van der Waals surface area contributed by atoms with Crippen LogP contribution in [0.2, 0.25) is 0 Å². The largest absolute Gasteiger partial charge is 0.504 e. The number of rotatable bonds is 30. The number of ether oxygens (including phenoxy) is 9. The number of para-hydroxylation sites is 9. The summed E-state index contributed by atoms with van der Waals surface area (Å²) in [4.78, 5) is 2.15. The fraction of sp³-hybridized carbons (Fsp3) is 0.294. The van der Waals surface area contributed by atoms with E-state index in [1.807, 2.05) is 72.8 Å². The number of hydrogen-bond donors (Lipinski definition) is 6. The second-order valence-corrected chi connectivity index (χ2v) is 14.8. The maximum Gasteiger partial charge on any atom is 0.163 e. The Morgan fingerprint density at radius 3 is 0.806 bits per heavy atom. The Kier molecular flexibility index (Phi) is 19.6. The van der Waals surface area contributed by atoms with Gasteiger partial charge in [-0.2, -0.15) is 0 Å². The first-order valence-corrected chi connectivity index (χ1v) is 21.8. The van der Waals surface area contributed by atoms with Crippen LogP contribution < -0.4 is 28.4 Å². The van der Waals surface area contributed by atoms with Gasteiger partial charge in [-0.25, -0.2) is 0 Å². The zero-order valence-electron chi connectivity index (χ0n) is 37.0. The van der Waals surface area contributed by atoms with Crippen LogP contribution >= 0.6 is 0 Å². The molecule has 0 atom stereocenters. The van der Waals surface area contributed by atoms with E-state index in [-0.39, 0.29) is 94.0 Å². The summed E-state index contributed by atoms with van der Waals surface area (Å²) in [5.74, 6) is 2.07. The van der Waals surface area contributed by atoms with Crippen LogP contribution in [0.3, 0.4) is 0 Å². The molecule has 0 amide bonds. The molecule has 6 aromatic rings. The third-order valence-corrected chi connectivity index (χ3v) is 10.1. The molecule has 16 heteroatoms. The summed E-state index contributed by atoms with van der Waals surface area (Å²) in [5.41, 5.74) is 1.41. The van der Waals surface area contributed by atoms with Crippen molar-refractivity contribution in [2.45, 2.75) is 19.8 Å². The summed E-state index contributed by atoms with van der Waals surface area (Å²) >= 11 is 0. The third kappa shape index (κ3) is 15.7. The minimum Gasteiger partial charge on any atom is -0.504 e. The zero-order chi connectivity index (χ0) is 47.1. The number of hydrogen-bond acceptors (Lipinski definition) is 16. The van der Waals surface area contributed by atoms with Gasteiger partial charge in [0.25, 0.3) is 0 Å². The van der Waals surface area contributed by atoms with E-state index in [9.17, 15) is 30.6 Å². The molecule has 356 valence electrons. The van der Waals surface area contributed by atoms with Gasteiger partial charge in [0, 0.05) is 36.3 Å². The third-order valence-electron chi connectivity index (χ3n) is 10.1. The summed E-state index contributed by atoms with van der Waals surface area (Å²) in [7, 11) is 0. The van der Waals surface area contributed by atoms with Crippen molar-refractivity contribution in [3.8, 4) is 69.0 Å². The van der Waals surface area contributed by atoms with E-state index in [1.165, 1.54) is 18.2 Å². The highest BCUT2D eigenvalue weighted by atomic mass is 16.6. The Bertz CT molecular complexity index is 2150. The van der Waals surface area contributed by atoms with Crippen LogP contribution in [0.1, 0.15) is 16.7 Å². The Balaban J connectivity index is 0.997. The molecule has 0 spiro atoms. The van der Waals surface area contributed by atoms with Crippen molar-refractivity contribution >= 4 is 0 Å². The van der Waals surface area contributed by atoms with Crippen LogP contribution in [0.15, 0.2) is 127 Å². The Labute approximate surface area is 389 Å². The van der Waals surface area contributed by atoms with Crippen molar-refractivity contribution in [2.24, 2.45) is 0 Å². The highest BCUT2D eigenvalue weighted by molar-refractivity contribution is 5.46. The molecule has 16 nitrogen and oxygen atoms in total. The van der Waals surface area contributed by atoms with Gasteiger partial charge in [0.2, 0.25) is 0 Å². The smallest absolute Gasteiger partial charge is 0.163 e. The molecule has 0 fully saturated rings. The van der Waals surface area contributed by atoms with Gasteiger partial charge in [0.05, 0.1) is 39.6 Å². The van der Waals surface area contributed by atoms with Crippen LogP contribution in [0, 0.1) is 0 Å². The van der Waals surface area contributed by atoms with Gasteiger partial charge in [0.15, 0.2) is 69.0 Å². The predicted molar refractivity (Wildman–Crippen MR) is 247 cm³/mol. The summed E-state index contributed by atoms with van der Waals surface area (Å²) < 4.78 is 53.6. The van der Waals surface area contributed by atoms with Crippen molar-refractivity contribution in [1.29, 1.82) is 0 Å². The fourth-order valence-corrected chi connectivity index (χ4v) is 6.52. The van der Waals surface area contributed by atoms with Crippen LogP contribution in [-0.4, -0.2) is 115 Å². The zero-order valence-corrected chi connectivity index (χ0v) is 37.0. The van der Waals surface area contributed by atoms with Crippen molar-refractivity contribution in [2.75, 3.05) is 79.1 Å². The molecule has 0 aliphatic rings. The minimum atomic E-state index is -0.208. The SMILES string of the molecule is Oc1cccc(COCCOc2ccccc2OCCN(CCOc2ccccc2OCCOCc2cccc(O)c2O)CCOc2ccccc2OCCOCc2cccc(O)c2O)c1O. The van der Waals surface area contributed by atoms with Crippen LogP contribution in [0.4, 0.5) is 0 Å². The molecule has 6 rings (SSSR count). The molecule has 67 heavy (non-hydrogen) atoms. The van der Waals surface area contributed by atoms with E-state index in [0.717, 1.165) is 0 Å². The normalized spacial score (nSPS) is 11.1. The van der Waals surface area contributed by atoms with E-state index < -0.39 is 0 Å². The van der Waals surface area contributed by atoms with Crippen LogP contribution in [0.25, 0.3) is 0 Å². The summed E-state index contributed by atoms with van der Waals surface area (Å²) in [6.45, 7) is 4.17. The molecule has 6 aromatic carbocycles. The Morgan fingerprint density at radius 2 is 0.537 bits per heavy atom. The molecular formula is C51H57NO15. The maximum atomic E-state index is 10.0. The molecule has 6 N–H and O–H groups in total. The van der Waals surface area contributed by atoms with Crippen molar-refractivity contribution in [3.63, 3.8) is 0 Å². The number of phenolic OH excluding ortho intramolecular Hbond substituents is 6. The fourth-order valence-electron chi connectivity index (χ4n) is 6.52. The highest BCUT2D eigenvalue weighted by Gasteiger charge is 2.14. The molecular weight excluding hydrogens is 867 g/mol. The van der Waals surface area contributed by atoms with Crippen LogP contribution in [0.5, 0.6) is 69.0 Å². The van der Waals surface area contributed by atoms with E-state index in [0.29, 0.717) is 90.6 Å². The molecule has 0 radical (unpaired) electrons. The molecule has 0 aromatic heterocycles. The first-order chi connectivity index (χ1) is 32.8. The second kappa shape index (κ2) is 26.7. The van der Waals surface area contributed by atoms with Gasteiger partial charge in [-0.1, -0.05) is 72.8 Å². The predicted octanol–water partition coefficient (Wildman–Crippen LogP) is 7.55. The average Bonchev–Trinajstić information content (AvgIpc) is 3.33. The minimum absolute atomic E-state index is 0.108. The lowest BCUT2D eigenvalue weighted by Gasteiger charge is -2.23. The monoisotopic (exact) mass is 923 g/mol. The number of benzene rings is 6. The van der Waals surface area contributed by atoms with E-state index in [4.69, 9.17) is 42.6 Å². The number of phenols is 6. The lowest BCUT2D eigenvalue weighted by molar-refractivity contribution is 0.0849. The number of nitrogens with zero attached hydrogens (tertiary/aromatic N) is 1. The Hall–Kier alpha value is -7.24. The van der Waals surface area contributed by atoms with Gasteiger partial charge < -0.3 is 73.3 Å². The van der Waals surface area contributed by atoms with Gasteiger partial charge in [-0.15, -0.1) is 0 Å². The quantitative estimate of drug-likeness (QED) is 0.0190. The molecule has 0 aliphatic heterocycles. The Morgan fingerprint density at radius 1 is 0.284 bits per heavy atom. The lowest BCUT2D eigenvalue weighted by Crippen LogP contribution is -2.35. The molecule has 0 heterocycles. The summed E-state index contributed by atoms with van der Waals surface area (Å²) in [6, 6.07) is 36.2. The topological polar surface area (TPSA) is 208 Å². The standard InChI is InChI=1S/C51H57NO15/c53-40-13-7-10-37(49(40)56)34-59-28-31-65-46-19-4-1-16-43(46)62-25-22-52(23-26-63-44-17-2-5-20-47(44)66-32-29-60-35-38-11-8-14-41(54)50(38)57)24-27-64-45-18-3-6-21-48(45)67-33-30-61-36-39-12-9-15-42(55)51(39)58/h1-21,53-58H,22-36H2. The van der Waals surface area contributed by atoms with E-state index >= 15 is 0 Å². The summed E-state index contributed by atoms with van der Waals surface area (Å²) in [5, 5.41) is 59.4. The van der Waals surface area contributed by atoms with Crippen LogP contribution in [-0.2, 0) is 34.0 Å². The average molecular weight is 924 g/mol. The van der Waals surface area contributed by atoms with Crippen molar-refractivity contribution in [3.05, 3.63) is 144 Å². The molecule has 0 unspecified atom stereocenters. The van der Waals surface area contributed by atoms with Gasteiger partial charge in [-0.3, -0.25) is 4.90 Å². The van der Waals surface area contributed by atoms with E-state index in [2.05, 4.69) is 4.90 Å². The number of aromatic hydroxyl groups is 6. The second-order valence-electron chi connectivity index (χ2n) is 14.8. The molecule has 0 aliphatic carbocycles. The molecule has 0 saturated carbocycles. The van der Waals surface area contributed by atoms with Crippen molar-refractivity contribution in [1.82, 2.24) is 4.90 Å².